The second kappa shape index (κ2) is 7.47. The molecule has 1 aliphatic carbocycles. The number of rotatable bonds is 4. The number of aryl methyl sites for hydroxylation is 1. The fourth-order valence-electron chi connectivity index (χ4n) is 4.06. The molecule has 0 aliphatic heterocycles. The van der Waals surface area contributed by atoms with Gasteiger partial charge in [-0.05, 0) is 54.5 Å². The highest BCUT2D eigenvalue weighted by Gasteiger charge is 2.25. The van der Waals surface area contributed by atoms with Crippen LogP contribution >= 0.6 is 0 Å². The number of carboxylic acids is 1. The van der Waals surface area contributed by atoms with E-state index < -0.39 is 5.97 Å². The topological polar surface area (TPSA) is 93.3 Å². The van der Waals surface area contributed by atoms with Crippen LogP contribution in [0.2, 0.25) is 0 Å². The third-order valence-electron chi connectivity index (χ3n) is 5.41. The highest BCUT2D eigenvalue weighted by Crippen LogP contribution is 2.36. The maximum Gasteiger partial charge on any atom is 0.336 e. The summed E-state index contributed by atoms with van der Waals surface area (Å²) in [6.07, 6.45) is 4.71. The lowest BCUT2D eigenvalue weighted by molar-refractivity contribution is -0.385. The van der Waals surface area contributed by atoms with Gasteiger partial charge in [0.05, 0.1) is 21.7 Å². The van der Waals surface area contributed by atoms with E-state index in [2.05, 4.69) is 0 Å². The molecule has 6 heteroatoms. The molecular formula is C23H20N2O4. The summed E-state index contributed by atoms with van der Waals surface area (Å²) in [5, 5.41) is 21.9. The molecule has 6 nitrogen and oxygen atoms in total. The van der Waals surface area contributed by atoms with Gasteiger partial charge in [-0.3, -0.25) is 10.1 Å². The Labute approximate surface area is 167 Å². The van der Waals surface area contributed by atoms with Gasteiger partial charge in [0.2, 0.25) is 0 Å². The Morgan fingerprint density at radius 2 is 2.03 bits per heavy atom. The molecule has 1 N–H and O–H groups in total. The van der Waals surface area contributed by atoms with Crippen LogP contribution < -0.4 is 0 Å². The van der Waals surface area contributed by atoms with E-state index in [1.165, 1.54) is 0 Å². The van der Waals surface area contributed by atoms with Crippen molar-refractivity contribution in [3.63, 3.8) is 0 Å². The minimum Gasteiger partial charge on any atom is -0.478 e. The minimum atomic E-state index is -0.955. The van der Waals surface area contributed by atoms with E-state index in [9.17, 15) is 20.0 Å². The number of nitro groups is 1. The molecule has 1 aromatic heterocycles. The monoisotopic (exact) mass is 388 g/mol. The zero-order valence-corrected chi connectivity index (χ0v) is 16.0. The lowest BCUT2D eigenvalue weighted by Gasteiger charge is -2.21. The molecule has 4 rings (SSSR count). The first-order chi connectivity index (χ1) is 14.0. The predicted molar refractivity (Wildman–Crippen MR) is 112 cm³/mol. The van der Waals surface area contributed by atoms with Gasteiger partial charge in [0.25, 0.3) is 5.69 Å². The Hall–Kier alpha value is -3.54. The Bertz CT molecular complexity index is 1180. The highest BCUT2D eigenvalue weighted by atomic mass is 16.6. The molecule has 0 saturated carbocycles. The number of fused-ring (bicyclic) bond motifs is 2. The third-order valence-corrected chi connectivity index (χ3v) is 5.41. The summed E-state index contributed by atoms with van der Waals surface area (Å²) in [6, 6.07) is 12.5. The average Bonchev–Trinajstić information content (AvgIpc) is 2.72. The third kappa shape index (κ3) is 3.38. The number of pyridine rings is 1. The second-order valence-electron chi connectivity index (χ2n) is 7.16. The molecule has 29 heavy (non-hydrogen) atoms. The first-order valence-electron chi connectivity index (χ1n) is 9.62. The van der Waals surface area contributed by atoms with E-state index in [4.69, 9.17) is 4.98 Å². The average molecular weight is 388 g/mol. The van der Waals surface area contributed by atoms with Gasteiger partial charge in [-0.25, -0.2) is 9.78 Å². The van der Waals surface area contributed by atoms with Crippen molar-refractivity contribution >= 4 is 34.2 Å². The van der Waals surface area contributed by atoms with Crippen molar-refractivity contribution in [2.75, 3.05) is 0 Å². The summed E-state index contributed by atoms with van der Waals surface area (Å²) < 4.78 is 0. The number of hydrogen-bond donors (Lipinski definition) is 1. The SMILES string of the molecule is CCc1ccc(/C=C2\CCCc3c2nc2ccccc2c3C(=O)O)cc1[N+](=O)[O-]. The molecule has 0 saturated heterocycles. The van der Waals surface area contributed by atoms with Crippen LogP contribution in [0.4, 0.5) is 5.69 Å². The van der Waals surface area contributed by atoms with Crippen molar-refractivity contribution in [1.29, 1.82) is 0 Å². The van der Waals surface area contributed by atoms with Crippen molar-refractivity contribution in [3.8, 4) is 0 Å². The fourth-order valence-corrected chi connectivity index (χ4v) is 4.06. The number of carbonyl (C=O) groups is 1. The molecule has 2 aromatic carbocycles. The number of carboxylic acid groups (broad SMARTS) is 1. The molecule has 0 bridgehead atoms. The first kappa shape index (κ1) is 18.8. The van der Waals surface area contributed by atoms with E-state index in [-0.39, 0.29) is 10.6 Å². The standard InChI is InChI=1S/C23H20N2O4/c1-2-15-11-10-14(13-20(15)25(28)29)12-16-6-5-8-18-21(23(26)27)17-7-3-4-9-19(17)24-22(16)18/h3-4,7,9-13H,2,5-6,8H2,1H3,(H,26,27)/b16-12+. The Balaban J connectivity index is 1.91. The highest BCUT2D eigenvalue weighted by molar-refractivity contribution is 6.05. The van der Waals surface area contributed by atoms with Crippen LogP contribution in [0.5, 0.6) is 0 Å². The quantitative estimate of drug-likeness (QED) is 0.485. The molecule has 1 aliphatic rings. The summed E-state index contributed by atoms with van der Waals surface area (Å²) >= 11 is 0. The van der Waals surface area contributed by atoms with Crippen molar-refractivity contribution in [2.45, 2.75) is 32.6 Å². The van der Waals surface area contributed by atoms with E-state index in [0.717, 1.165) is 29.5 Å². The molecule has 3 aromatic rings. The Morgan fingerprint density at radius 1 is 1.24 bits per heavy atom. The smallest absolute Gasteiger partial charge is 0.336 e. The summed E-state index contributed by atoms with van der Waals surface area (Å²) in [7, 11) is 0. The van der Waals surface area contributed by atoms with Crippen LogP contribution in [0.25, 0.3) is 22.6 Å². The number of nitro benzene ring substituents is 1. The number of hydrogen-bond acceptors (Lipinski definition) is 4. The summed E-state index contributed by atoms with van der Waals surface area (Å²) in [5.41, 5.74) is 4.82. The van der Waals surface area contributed by atoms with Crippen LogP contribution in [0.15, 0.2) is 42.5 Å². The zero-order chi connectivity index (χ0) is 20.5. The van der Waals surface area contributed by atoms with Crippen molar-refractivity contribution in [1.82, 2.24) is 4.98 Å². The van der Waals surface area contributed by atoms with Gasteiger partial charge in [-0.2, -0.15) is 0 Å². The van der Waals surface area contributed by atoms with Gasteiger partial charge in [-0.15, -0.1) is 0 Å². The van der Waals surface area contributed by atoms with Crippen LogP contribution in [0.1, 0.15) is 52.5 Å². The first-order valence-corrected chi connectivity index (χ1v) is 9.62. The van der Waals surface area contributed by atoms with Gasteiger partial charge < -0.3 is 5.11 Å². The van der Waals surface area contributed by atoms with Crippen LogP contribution in [-0.2, 0) is 12.8 Å². The number of aromatic nitrogens is 1. The number of benzene rings is 2. The summed E-state index contributed by atoms with van der Waals surface area (Å²) in [4.78, 5) is 27.8. The van der Waals surface area contributed by atoms with Gasteiger partial charge in [0.1, 0.15) is 0 Å². The molecule has 0 fully saturated rings. The predicted octanol–water partition coefficient (Wildman–Crippen LogP) is 5.28. The van der Waals surface area contributed by atoms with Crippen molar-refractivity contribution < 1.29 is 14.8 Å². The zero-order valence-electron chi connectivity index (χ0n) is 16.0. The Kier molecular flexibility index (Phi) is 4.84. The van der Waals surface area contributed by atoms with Crippen LogP contribution in [-0.4, -0.2) is 21.0 Å². The van der Waals surface area contributed by atoms with E-state index >= 15 is 0 Å². The molecule has 0 spiro atoms. The molecule has 0 amide bonds. The van der Waals surface area contributed by atoms with E-state index in [0.29, 0.717) is 40.6 Å². The minimum absolute atomic E-state index is 0.107. The van der Waals surface area contributed by atoms with Crippen LogP contribution in [0, 0.1) is 10.1 Å². The summed E-state index contributed by atoms with van der Waals surface area (Å²) in [6.45, 7) is 1.89. The lowest BCUT2D eigenvalue weighted by Crippen LogP contribution is -2.13. The normalized spacial score (nSPS) is 14.7. The van der Waals surface area contributed by atoms with Crippen molar-refractivity contribution in [3.05, 3.63) is 80.5 Å². The van der Waals surface area contributed by atoms with Crippen LogP contribution in [0.3, 0.4) is 0 Å². The van der Waals surface area contributed by atoms with E-state index in [1.807, 2.05) is 37.3 Å². The second-order valence-corrected chi connectivity index (χ2v) is 7.16. The molecule has 1 heterocycles. The molecule has 0 atom stereocenters. The van der Waals surface area contributed by atoms with Gasteiger partial charge in [-0.1, -0.05) is 37.3 Å². The maximum absolute atomic E-state index is 12.0. The maximum atomic E-state index is 12.0. The largest absolute Gasteiger partial charge is 0.478 e. The van der Waals surface area contributed by atoms with Gasteiger partial charge in [0.15, 0.2) is 0 Å². The van der Waals surface area contributed by atoms with Crippen molar-refractivity contribution in [2.24, 2.45) is 0 Å². The number of para-hydroxylation sites is 1. The summed E-state index contributed by atoms with van der Waals surface area (Å²) in [5.74, 6) is -0.955. The number of aromatic carboxylic acids is 1. The number of allylic oxidation sites excluding steroid dienone is 1. The molecule has 0 unspecified atom stereocenters. The molecule has 146 valence electrons. The number of nitrogens with zero attached hydrogens (tertiary/aromatic N) is 2. The molecular weight excluding hydrogens is 368 g/mol. The Morgan fingerprint density at radius 3 is 2.76 bits per heavy atom. The van der Waals surface area contributed by atoms with Gasteiger partial charge >= 0.3 is 5.97 Å². The van der Waals surface area contributed by atoms with Gasteiger partial charge in [0, 0.05) is 17.0 Å². The molecule has 0 radical (unpaired) electrons. The van der Waals surface area contributed by atoms with E-state index in [1.54, 1.807) is 18.2 Å². The fraction of sp³-hybridized carbons (Fsp3) is 0.217. The lowest BCUT2D eigenvalue weighted by atomic mass is 9.86.